The molecule has 3 fully saturated rings. The second kappa shape index (κ2) is 11.0. The molecule has 4 heterocycles. The number of benzene rings is 1. The van der Waals surface area contributed by atoms with Crippen LogP contribution in [0.2, 0.25) is 0 Å². The van der Waals surface area contributed by atoms with Gasteiger partial charge in [0.2, 0.25) is 11.8 Å². The number of aromatic nitrogens is 2. The molecule has 1 aromatic carbocycles. The van der Waals surface area contributed by atoms with Gasteiger partial charge in [-0.1, -0.05) is 26.0 Å². The fourth-order valence-electron chi connectivity index (χ4n) is 6.86. The third-order valence-electron chi connectivity index (χ3n) is 9.18. The van der Waals surface area contributed by atoms with E-state index in [2.05, 4.69) is 29.2 Å². The first-order valence-electron chi connectivity index (χ1n) is 14.9. The molecule has 3 aliphatic rings. The molecule has 3 amide bonds. The van der Waals surface area contributed by atoms with Crippen molar-refractivity contribution in [2.24, 2.45) is 18.4 Å². The Morgan fingerprint density at radius 3 is 2.46 bits per heavy atom. The van der Waals surface area contributed by atoms with Gasteiger partial charge >= 0.3 is 6.09 Å². The number of fused-ring (bicyclic) bond motifs is 1. The predicted octanol–water partition coefficient (Wildman–Crippen LogP) is 4.70. The summed E-state index contributed by atoms with van der Waals surface area (Å²) in [5, 5.41) is 7.55. The van der Waals surface area contributed by atoms with Gasteiger partial charge in [0.05, 0.1) is 11.6 Å². The zero-order chi connectivity index (χ0) is 29.7. The number of likely N-dealkylation sites (tertiary alicyclic amines) is 2. The van der Waals surface area contributed by atoms with Crippen LogP contribution in [0.3, 0.4) is 0 Å². The van der Waals surface area contributed by atoms with Crippen LogP contribution in [0.5, 0.6) is 0 Å². The second-order valence-corrected chi connectivity index (χ2v) is 13.8. The molecule has 1 unspecified atom stereocenters. The number of piperidine rings is 3. The van der Waals surface area contributed by atoms with Crippen molar-refractivity contribution >= 4 is 28.8 Å². The van der Waals surface area contributed by atoms with Crippen LogP contribution in [0, 0.1) is 17.2 Å². The normalized spacial score (nSPS) is 24.5. The monoisotopic (exact) mass is 569 g/mol. The summed E-state index contributed by atoms with van der Waals surface area (Å²) in [6, 6.07) is 3.76. The highest BCUT2D eigenvalue weighted by atomic mass is 19.1. The van der Waals surface area contributed by atoms with Crippen molar-refractivity contribution in [3.63, 3.8) is 0 Å². The van der Waals surface area contributed by atoms with Crippen molar-refractivity contribution in [2.75, 3.05) is 32.7 Å². The van der Waals surface area contributed by atoms with Crippen molar-refractivity contribution in [3.8, 4) is 0 Å². The van der Waals surface area contributed by atoms with Crippen LogP contribution < -0.4 is 5.32 Å². The van der Waals surface area contributed by atoms with Gasteiger partial charge in [0.15, 0.2) is 5.82 Å². The minimum atomic E-state index is -0.551. The van der Waals surface area contributed by atoms with E-state index in [1.165, 1.54) is 4.68 Å². The number of aryl methyl sites for hydroxylation is 1. The lowest BCUT2D eigenvalue weighted by molar-refractivity contribution is -0.134. The Hall–Kier alpha value is -3.01. The number of nitrogens with zero attached hydrogens (tertiary/aromatic N) is 4. The lowest BCUT2D eigenvalue weighted by Crippen LogP contribution is -2.52. The SMILES string of the molecule is Cn1nc(C2CCC(=O)NC2=O)c2ccc(C3CCN(C[C@@H]4CCN(C(=O)OC(C)(C)C)CC4(C)C)CC3)c(F)c21. The number of rotatable bonds is 4. The molecule has 3 saturated heterocycles. The highest BCUT2D eigenvalue weighted by Crippen LogP contribution is 2.39. The summed E-state index contributed by atoms with van der Waals surface area (Å²) in [7, 11) is 1.71. The Bertz CT molecular complexity index is 1340. The van der Waals surface area contributed by atoms with E-state index < -0.39 is 11.5 Å². The largest absolute Gasteiger partial charge is 0.444 e. The average Bonchev–Trinajstić information content (AvgIpc) is 3.21. The molecular formula is C31H44FN5O4. The zero-order valence-electron chi connectivity index (χ0n) is 25.3. The number of hydrogen-bond acceptors (Lipinski definition) is 6. The van der Waals surface area contributed by atoms with Gasteiger partial charge in [0, 0.05) is 38.5 Å². The van der Waals surface area contributed by atoms with E-state index in [4.69, 9.17) is 4.74 Å². The number of amides is 3. The third-order valence-corrected chi connectivity index (χ3v) is 9.18. The van der Waals surface area contributed by atoms with Gasteiger partial charge in [-0.25, -0.2) is 9.18 Å². The summed E-state index contributed by atoms with van der Waals surface area (Å²) in [6.45, 7) is 14.3. The molecule has 0 spiro atoms. The van der Waals surface area contributed by atoms with E-state index in [1.54, 1.807) is 7.05 Å². The molecule has 41 heavy (non-hydrogen) atoms. The quantitative estimate of drug-likeness (QED) is 0.537. The standard InChI is InChI=1S/C31H44FN5O4/c1-30(2,3)41-29(40)37-16-13-20(31(4,5)18-37)17-36-14-11-19(12-15-36)21-7-8-22-26(34-35(6)27(22)25(21)32)23-9-10-24(38)33-28(23)39/h7-8,19-20,23H,9-18H2,1-6H3,(H,33,38,39)/t20-,23?/m0/s1. The smallest absolute Gasteiger partial charge is 0.410 e. The molecule has 1 aromatic heterocycles. The van der Waals surface area contributed by atoms with Crippen molar-refractivity contribution in [3.05, 3.63) is 29.2 Å². The number of imide groups is 1. The molecule has 10 heteroatoms. The molecule has 2 atom stereocenters. The molecule has 0 radical (unpaired) electrons. The van der Waals surface area contributed by atoms with E-state index in [0.29, 0.717) is 47.6 Å². The average molecular weight is 570 g/mol. The van der Waals surface area contributed by atoms with Crippen LogP contribution in [0.15, 0.2) is 12.1 Å². The Balaban J connectivity index is 1.22. The summed E-state index contributed by atoms with van der Waals surface area (Å²) in [6.07, 6.45) is 3.09. The van der Waals surface area contributed by atoms with Gasteiger partial charge in [-0.3, -0.25) is 19.6 Å². The fraction of sp³-hybridized carbons (Fsp3) is 0.677. The first-order chi connectivity index (χ1) is 19.2. The Kier molecular flexibility index (Phi) is 7.91. The van der Waals surface area contributed by atoms with Gasteiger partial charge < -0.3 is 14.5 Å². The predicted molar refractivity (Wildman–Crippen MR) is 154 cm³/mol. The molecule has 0 saturated carbocycles. The van der Waals surface area contributed by atoms with Crippen LogP contribution in [0.25, 0.3) is 10.9 Å². The molecule has 5 rings (SSSR count). The maximum absolute atomic E-state index is 16.0. The van der Waals surface area contributed by atoms with Gasteiger partial charge in [0.25, 0.3) is 0 Å². The molecular weight excluding hydrogens is 525 g/mol. The number of nitrogens with one attached hydrogen (secondary N) is 1. The highest BCUT2D eigenvalue weighted by Gasteiger charge is 2.40. The van der Waals surface area contributed by atoms with E-state index >= 15 is 4.39 Å². The Morgan fingerprint density at radius 2 is 1.83 bits per heavy atom. The molecule has 1 N–H and O–H groups in total. The van der Waals surface area contributed by atoms with E-state index in [9.17, 15) is 14.4 Å². The van der Waals surface area contributed by atoms with Crippen LogP contribution in [0.4, 0.5) is 9.18 Å². The summed E-state index contributed by atoms with van der Waals surface area (Å²) < 4.78 is 23.1. The van der Waals surface area contributed by atoms with Gasteiger partial charge in [-0.2, -0.15) is 5.10 Å². The Labute approximate surface area is 241 Å². The van der Waals surface area contributed by atoms with Gasteiger partial charge in [-0.05, 0) is 82.4 Å². The van der Waals surface area contributed by atoms with Crippen LogP contribution >= 0.6 is 0 Å². The minimum absolute atomic E-state index is 0.0249. The van der Waals surface area contributed by atoms with Crippen molar-refractivity contribution < 1.29 is 23.5 Å². The maximum atomic E-state index is 16.0. The molecule has 0 bridgehead atoms. The third kappa shape index (κ3) is 6.12. The summed E-state index contributed by atoms with van der Waals surface area (Å²) in [5.74, 6) is -0.870. The molecule has 224 valence electrons. The Morgan fingerprint density at radius 1 is 1.12 bits per heavy atom. The van der Waals surface area contributed by atoms with Crippen molar-refractivity contribution in [2.45, 2.75) is 84.2 Å². The van der Waals surface area contributed by atoms with Crippen LogP contribution in [-0.4, -0.2) is 75.8 Å². The van der Waals surface area contributed by atoms with Gasteiger partial charge in [0.1, 0.15) is 11.1 Å². The topological polar surface area (TPSA) is 96.8 Å². The molecule has 3 aliphatic heterocycles. The number of carbonyl (C=O) groups excluding carboxylic acids is 3. The van der Waals surface area contributed by atoms with Crippen LogP contribution in [0.1, 0.15) is 89.8 Å². The second-order valence-electron chi connectivity index (χ2n) is 13.8. The molecule has 9 nitrogen and oxygen atoms in total. The molecule has 2 aromatic rings. The molecule has 0 aliphatic carbocycles. The van der Waals surface area contributed by atoms with Gasteiger partial charge in [-0.15, -0.1) is 0 Å². The highest BCUT2D eigenvalue weighted by molar-refractivity contribution is 6.02. The number of hydrogen-bond donors (Lipinski definition) is 1. The first-order valence-corrected chi connectivity index (χ1v) is 14.9. The zero-order valence-corrected chi connectivity index (χ0v) is 25.3. The summed E-state index contributed by atoms with van der Waals surface area (Å²) >= 11 is 0. The summed E-state index contributed by atoms with van der Waals surface area (Å²) in [4.78, 5) is 41.0. The lowest BCUT2D eigenvalue weighted by atomic mass is 9.73. The van der Waals surface area contributed by atoms with E-state index in [0.717, 1.165) is 38.9 Å². The van der Waals surface area contributed by atoms with Crippen LogP contribution in [-0.2, 0) is 21.4 Å². The first kappa shape index (κ1) is 29.5. The number of halogens is 1. The lowest BCUT2D eigenvalue weighted by Gasteiger charge is -2.46. The summed E-state index contributed by atoms with van der Waals surface area (Å²) in [5.41, 5.74) is 1.14. The fourth-order valence-corrected chi connectivity index (χ4v) is 6.86. The van der Waals surface area contributed by atoms with E-state index in [1.807, 2.05) is 37.8 Å². The van der Waals surface area contributed by atoms with Crippen molar-refractivity contribution in [1.82, 2.24) is 24.9 Å². The number of carbonyl (C=O) groups is 3. The van der Waals surface area contributed by atoms with Crippen molar-refractivity contribution in [1.29, 1.82) is 0 Å². The maximum Gasteiger partial charge on any atom is 0.410 e. The van der Waals surface area contributed by atoms with E-state index in [-0.39, 0.29) is 41.5 Å². The minimum Gasteiger partial charge on any atom is -0.444 e. The number of ether oxygens (including phenoxy) is 1.